The fourth-order valence-corrected chi connectivity index (χ4v) is 2.32. The van der Waals surface area contributed by atoms with Crippen molar-refractivity contribution in [3.63, 3.8) is 0 Å². The quantitative estimate of drug-likeness (QED) is 0.796. The number of likely N-dealkylation sites (N-methyl/N-ethyl adjacent to an activating group) is 1. The molecule has 0 aliphatic heterocycles. The first-order valence-corrected chi connectivity index (χ1v) is 6.88. The van der Waals surface area contributed by atoms with Crippen LogP contribution in [0.25, 0.3) is 10.8 Å². The van der Waals surface area contributed by atoms with Crippen molar-refractivity contribution in [2.45, 2.75) is 6.92 Å². The molecule has 0 spiro atoms. The number of fused-ring (bicyclic) bond motifs is 1. The van der Waals surface area contributed by atoms with Crippen LogP contribution in [0.2, 0.25) is 5.15 Å². The second-order valence-corrected chi connectivity index (χ2v) is 4.74. The topological polar surface area (TPSA) is 42.4 Å². The normalized spacial score (nSPS) is 10.8. The Morgan fingerprint density at radius 2 is 2.05 bits per heavy atom. The Morgan fingerprint density at radius 3 is 2.70 bits per heavy atom. The van der Waals surface area contributed by atoms with Gasteiger partial charge < -0.3 is 9.64 Å². The molecular weight excluding hydrogens is 276 g/mol. The zero-order valence-corrected chi connectivity index (χ0v) is 12.4. The summed E-state index contributed by atoms with van der Waals surface area (Å²) in [4.78, 5) is 18.4. The van der Waals surface area contributed by atoms with Gasteiger partial charge in [-0.25, -0.2) is 4.98 Å². The van der Waals surface area contributed by atoms with Gasteiger partial charge in [-0.1, -0.05) is 35.9 Å². The Kier molecular flexibility index (Phi) is 4.93. The van der Waals surface area contributed by atoms with E-state index in [1.54, 1.807) is 18.2 Å². The van der Waals surface area contributed by atoms with Gasteiger partial charge in [-0.3, -0.25) is 4.79 Å². The van der Waals surface area contributed by atoms with Crippen molar-refractivity contribution in [1.82, 2.24) is 9.88 Å². The molecule has 0 aliphatic carbocycles. The monoisotopic (exact) mass is 292 g/mol. The molecule has 2 rings (SSSR count). The maximum absolute atomic E-state index is 12.6. The Bertz CT molecular complexity index is 616. The third-order valence-corrected chi connectivity index (χ3v) is 3.51. The number of aromatic nitrogens is 1. The number of amides is 1. The van der Waals surface area contributed by atoms with E-state index in [1.807, 2.05) is 31.2 Å². The van der Waals surface area contributed by atoms with E-state index in [4.69, 9.17) is 16.3 Å². The lowest BCUT2D eigenvalue weighted by atomic mass is 10.1. The lowest BCUT2D eigenvalue weighted by molar-refractivity contribution is 0.0708. The van der Waals surface area contributed by atoms with E-state index in [0.717, 1.165) is 10.8 Å². The smallest absolute Gasteiger partial charge is 0.256 e. The molecule has 1 aromatic heterocycles. The number of rotatable bonds is 5. The van der Waals surface area contributed by atoms with Crippen LogP contribution >= 0.6 is 11.6 Å². The van der Waals surface area contributed by atoms with Gasteiger partial charge in [-0.2, -0.15) is 0 Å². The number of nitrogens with zero attached hydrogens (tertiary/aromatic N) is 2. The summed E-state index contributed by atoms with van der Waals surface area (Å²) in [5.74, 6) is -0.0510. The van der Waals surface area contributed by atoms with Gasteiger partial charge in [0, 0.05) is 31.8 Å². The number of pyridine rings is 1. The number of halogens is 1. The van der Waals surface area contributed by atoms with Gasteiger partial charge >= 0.3 is 0 Å². The van der Waals surface area contributed by atoms with E-state index in [2.05, 4.69) is 4.98 Å². The predicted octanol–water partition coefficient (Wildman–Crippen LogP) is 3.00. The minimum absolute atomic E-state index is 0.0510. The van der Waals surface area contributed by atoms with E-state index < -0.39 is 0 Å². The third-order valence-electron chi connectivity index (χ3n) is 3.21. The molecule has 4 nitrogen and oxygen atoms in total. The van der Waals surface area contributed by atoms with Crippen LogP contribution in [0.3, 0.4) is 0 Å². The highest BCUT2D eigenvalue weighted by Crippen LogP contribution is 2.25. The van der Waals surface area contributed by atoms with Crippen molar-refractivity contribution >= 4 is 28.3 Å². The second-order valence-electron chi connectivity index (χ2n) is 4.39. The van der Waals surface area contributed by atoms with E-state index in [-0.39, 0.29) is 5.91 Å². The summed E-state index contributed by atoms with van der Waals surface area (Å²) in [7, 11) is 1.62. The summed E-state index contributed by atoms with van der Waals surface area (Å²) < 4.78 is 5.04. The Balaban J connectivity index is 2.41. The van der Waals surface area contributed by atoms with Gasteiger partial charge in [0.25, 0.3) is 5.91 Å². The minimum Gasteiger partial charge on any atom is -0.383 e. The summed E-state index contributed by atoms with van der Waals surface area (Å²) in [6.45, 7) is 3.64. The molecule has 20 heavy (non-hydrogen) atoms. The zero-order chi connectivity index (χ0) is 14.5. The summed E-state index contributed by atoms with van der Waals surface area (Å²) >= 11 is 6.07. The molecule has 0 saturated heterocycles. The number of hydrogen-bond acceptors (Lipinski definition) is 3. The fourth-order valence-electron chi connectivity index (χ4n) is 2.10. The van der Waals surface area contributed by atoms with Gasteiger partial charge in [0.1, 0.15) is 5.15 Å². The summed E-state index contributed by atoms with van der Waals surface area (Å²) in [5, 5.41) is 2.04. The number of carbonyl (C=O) groups excluding carboxylic acids is 1. The molecule has 1 amide bonds. The number of hydrogen-bond donors (Lipinski definition) is 0. The number of ether oxygens (including phenoxy) is 1. The second kappa shape index (κ2) is 6.68. The molecule has 0 radical (unpaired) electrons. The van der Waals surface area contributed by atoms with Crippen LogP contribution < -0.4 is 0 Å². The highest BCUT2D eigenvalue weighted by Gasteiger charge is 2.17. The number of carbonyl (C=O) groups is 1. The first kappa shape index (κ1) is 14.8. The SMILES string of the molecule is CCN(CCOC)C(=O)c1cnc(Cl)c2ccccc12. The van der Waals surface area contributed by atoms with Crippen LogP contribution in [0.5, 0.6) is 0 Å². The molecule has 0 bridgehead atoms. The molecule has 0 N–H and O–H groups in total. The summed E-state index contributed by atoms with van der Waals surface area (Å²) in [5.41, 5.74) is 0.572. The maximum Gasteiger partial charge on any atom is 0.256 e. The molecule has 0 saturated carbocycles. The Labute approximate surface area is 123 Å². The Morgan fingerprint density at radius 1 is 1.35 bits per heavy atom. The standard InChI is InChI=1S/C15H17ClN2O2/c1-3-18(8-9-20-2)15(19)13-10-17-14(16)12-7-5-4-6-11(12)13/h4-7,10H,3,8-9H2,1-2H3. The molecule has 0 atom stereocenters. The highest BCUT2D eigenvalue weighted by molar-refractivity contribution is 6.34. The molecular formula is C15H17ClN2O2. The van der Waals surface area contributed by atoms with Gasteiger partial charge in [0.2, 0.25) is 0 Å². The number of benzene rings is 1. The molecule has 2 aromatic rings. The molecule has 0 fully saturated rings. The van der Waals surface area contributed by atoms with Crippen molar-refractivity contribution in [3.8, 4) is 0 Å². The lowest BCUT2D eigenvalue weighted by Gasteiger charge is -2.21. The third kappa shape index (κ3) is 2.92. The average molecular weight is 293 g/mol. The van der Waals surface area contributed by atoms with E-state index >= 15 is 0 Å². The minimum atomic E-state index is -0.0510. The largest absolute Gasteiger partial charge is 0.383 e. The molecule has 1 heterocycles. The first-order valence-electron chi connectivity index (χ1n) is 6.50. The molecule has 106 valence electrons. The van der Waals surface area contributed by atoms with Gasteiger partial charge in [0.15, 0.2) is 0 Å². The first-order chi connectivity index (χ1) is 9.69. The highest BCUT2D eigenvalue weighted by atomic mass is 35.5. The molecule has 5 heteroatoms. The van der Waals surface area contributed by atoms with Crippen molar-refractivity contribution in [2.24, 2.45) is 0 Å². The van der Waals surface area contributed by atoms with Gasteiger partial charge in [-0.05, 0) is 12.3 Å². The lowest BCUT2D eigenvalue weighted by Crippen LogP contribution is -2.33. The van der Waals surface area contributed by atoms with Crippen LogP contribution in [0.1, 0.15) is 17.3 Å². The van der Waals surface area contributed by atoms with Crippen LogP contribution in [0.15, 0.2) is 30.5 Å². The number of methoxy groups -OCH3 is 1. The zero-order valence-electron chi connectivity index (χ0n) is 11.6. The van der Waals surface area contributed by atoms with Crippen molar-refractivity contribution < 1.29 is 9.53 Å². The summed E-state index contributed by atoms with van der Waals surface area (Å²) in [6, 6.07) is 7.53. The summed E-state index contributed by atoms with van der Waals surface area (Å²) in [6.07, 6.45) is 1.54. The molecule has 0 aliphatic rings. The van der Waals surface area contributed by atoms with E-state index in [0.29, 0.717) is 30.4 Å². The van der Waals surface area contributed by atoms with Crippen LogP contribution in [-0.2, 0) is 4.74 Å². The van der Waals surface area contributed by atoms with Gasteiger partial charge in [0.05, 0.1) is 12.2 Å². The predicted molar refractivity (Wildman–Crippen MR) is 80.2 cm³/mol. The van der Waals surface area contributed by atoms with E-state index in [9.17, 15) is 4.79 Å². The van der Waals surface area contributed by atoms with Crippen LogP contribution in [-0.4, -0.2) is 42.6 Å². The van der Waals surface area contributed by atoms with Crippen LogP contribution in [0.4, 0.5) is 0 Å². The van der Waals surface area contributed by atoms with Crippen molar-refractivity contribution in [3.05, 3.63) is 41.2 Å². The van der Waals surface area contributed by atoms with Crippen LogP contribution in [0, 0.1) is 0 Å². The molecule has 1 aromatic carbocycles. The Hall–Kier alpha value is -1.65. The van der Waals surface area contributed by atoms with Gasteiger partial charge in [-0.15, -0.1) is 0 Å². The van der Waals surface area contributed by atoms with Crippen molar-refractivity contribution in [2.75, 3.05) is 26.8 Å². The molecule has 0 unspecified atom stereocenters. The van der Waals surface area contributed by atoms with E-state index in [1.165, 1.54) is 0 Å². The average Bonchev–Trinajstić information content (AvgIpc) is 2.48. The fraction of sp³-hybridized carbons (Fsp3) is 0.333. The maximum atomic E-state index is 12.6. The van der Waals surface area contributed by atoms with Crippen molar-refractivity contribution in [1.29, 1.82) is 0 Å².